The van der Waals surface area contributed by atoms with Gasteiger partial charge in [-0.3, -0.25) is 14.6 Å². The number of hydrogen-bond donors (Lipinski definition) is 6. The molecule has 0 unspecified atom stereocenters. The van der Waals surface area contributed by atoms with Crippen molar-refractivity contribution in [2.24, 2.45) is 0 Å². The summed E-state index contributed by atoms with van der Waals surface area (Å²) in [5.74, 6) is 0.319. The summed E-state index contributed by atoms with van der Waals surface area (Å²) in [5, 5.41) is 25.0. The second-order valence-electron chi connectivity index (χ2n) is 12.9. The number of nitrogens with zero attached hydrogens (tertiary/aromatic N) is 4. The van der Waals surface area contributed by atoms with Gasteiger partial charge in [-0.05, 0) is 77.9 Å². The molecule has 13 nitrogen and oxygen atoms in total. The van der Waals surface area contributed by atoms with Crippen LogP contribution >= 0.6 is 0 Å². The molecular weight excluding hydrogens is 636 g/mol. The molecule has 3 aromatic heterocycles. The lowest BCUT2D eigenvalue weighted by atomic mass is 9.98. The highest BCUT2D eigenvalue weighted by Crippen LogP contribution is 2.34. The van der Waals surface area contributed by atoms with E-state index in [1.54, 1.807) is 24.2 Å². The molecule has 0 atom stereocenters. The molecule has 4 heterocycles. The first-order valence-electron chi connectivity index (χ1n) is 16.3. The topological polar surface area (TPSA) is 185 Å². The lowest BCUT2D eigenvalue weighted by molar-refractivity contribution is -0.356. The Balaban J connectivity index is 1.00. The third kappa shape index (κ3) is 5.82. The second-order valence-corrected chi connectivity index (χ2v) is 12.9. The molecule has 0 fully saturated rings. The molecule has 7 rings (SSSR count). The molecule has 3 aromatic carbocycles. The summed E-state index contributed by atoms with van der Waals surface area (Å²) in [6, 6.07) is 17.8. The number of phenolic OH excluding ortho intramolecular Hbond substituents is 2. The summed E-state index contributed by atoms with van der Waals surface area (Å²) < 4.78 is 3.56. The highest BCUT2D eigenvalue weighted by Gasteiger charge is 2.37. The summed E-state index contributed by atoms with van der Waals surface area (Å²) in [6.45, 7) is 4.93. The van der Waals surface area contributed by atoms with Gasteiger partial charge in [-0.1, -0.05) is 26.0 Å². The molecule has 1 aliphatic heterocycles. The fourth-order valence-electron chi connectivity index (χ4n) is 6.45. The van der Waals surface area contributed by atoms with E-state index in [0.717, 1.165) is 22.0 Å². The first kappa shape index (κ1) is 32.2. The van der Waals surface area contributed by atoms with E-state index in [1.165, 1.54) is 10.6 Å². The molecule has 0 spiro atoms. The number of amidine groups is 1. The van der Waals surface area contributed by atoms with Crippen LogP contribution in [0.1, 0.15) is 52.4 Å². The van der Waals surface area contributed by atoms with Gasteiger partial charge in [-0.2, -0.15) is 9.56 Å². The van der Waals surface area contributed by atoms with Crippen LogP contribution in [0.2, 0.25) is 0 Å². The minimum absolute atomic E-state index is 0.00567. The number of aryl methyl sites for hydroxylation is 2. The predicted molar refractivity (Wildman–Crippen MR) is 190 cm³/mol. The van der Waals surface area contributed by atoms with Gasteiger partial charge >= 0.3 is 6.03 Å². The zero-order chi connectivity index (χ0) is 35.3. The van der Waals surface area contributed by atoms with Gasteiger partial charge in [0.15, 0.2) is 0 Å². The molecule has 3 amide bonds. The zero-order valence-corrected chi connectivity index (χ0v) is 27.8. The number of aromatic nitrogens is 4. The molecule has 0 aliphatic carbocycles. The van der Waals surface area contributed by atoms with Crippen LogP contribution in [-0.2, 0) is 19.4 Å². The van der Waals surface area contributed by atoms with E-state index in [-0.39, 0.29) is 40.9 Å². The number of phenols is 2. The Hall–Kier alpha value is -6.37. The van der Waals surface area contributed by atoms with Crippen LogP contribution in [0.15, 0.2) is 77.9 Å². The fraction of sp³-hybridized carbons (Fsp3) is 0.216. The van der Waals surface area contributed by atoms with Crippen molar-refractivity contribution < 1.29 is 24.4 Å². The van der Waals surface area contributed by atoms with Gasteiger partial charge in [0, 0.05) is 55.1 Å². The number of benzene rings is 3. The van der Waals surface area contributed by atoms with Gasteiger partial charge < -0.3 is 30.4 Å². The average molecular weight is 674 g/mol. The van der Waals surface area contributed by atoms with Crippen LogP contribution in [0.4, 0.5) is 16.4 Å². The maximum atomic E-state index is 13.3. The molecule has 0 saturated heterocycles. The van der Waals surface area contributed by atoms with Crippen molar-refractivity contribution in [1.82, 2.24) is 29.7 Å². The number of aromatic amines is 2. The molecule has 0 saturated carbocycles. The number of carbonyl (C=O) groups is 2. The lowest BCUT2D eigenvalue weighted by Gasteiger charge is -2.22. The molecule has 6 aromatic rings. The van der Waals surface area contributed by atoms with E-state index in [2.05, 4.69) is 24.8 Å². The van der Waals surface area contributed by atoms with Crippen molar-refractivity contribution in [2.75, 3.05) is 19.3 Å². The molecular formula is C37H37N8O5+. The summed E-state index contributed by atoms with van der Waals surface area (Å²) in [5.41, 5.74) is 11.0. The van der Waals surface area contributed by atoms with Crippen molar-refractivity contribution in [1.29, 1.82) is 0 Å². The quantitative estimate of drug-likeness (QED) is 0.114. The maximum Gasteiger partial charge on any atom is 0.448 e. The summed E-state index contributed by atoms with van der Waals surface area (Å²) in [4.78, 5) is 49.7. The van der Waals surface area contributed by atoms with Crippen molar-refractivity contribution in [2.45, 2.75) is 39.2 Å². The van der Waals surface area contributed by atoms with Crippen molar-refractivity contribution in [3.8, 4) is 11.5 Å². The normalized spacial score (nSPS) is 12.9. The number of anilines is 1. The Bertz CT molecular complexity index is 2400. The first-order chi connectivity index (χ1) is 24.0. The number of urea groups is 1. The molecule has 0 radical (unpaired) electrons. The third-order valence-electron chi connectivity index (χ3n) is 9.24. The van der Waals surface area contributed by atoms with E-state index in [4.69, 9.17) is 5.73 Å². The number of nitrogens with one attached hydrogen (secondary N) is 3. The molecule has 50 heavy (non-hydrogen) atoms. The van der Waals surface area contributed by atoms with E-state index in [0.29, 0.717) is 65.2 Å². The monoisotopic (exact) mass is 673 g/mol. The van der Waals surface area contributed by atoms with Crippen molar-refractivity contribution in [3.63, 3.8) is 0 Å². The van der Waals surface area contributed by atoms with Gasteiger partial charge in [-0.25, -0.2) is 10.1 Å². The minimum Gasteiger partial charge on any atom is -0.508 e. The van der Waals surface area contributed by atoms with E-state index in [9.17, 15) is 24.6 Å². The Kier molecular flexibility index (Phi) is 8.10. The Morgan fingerprint density at radius 2 is 1.80 bits per heavy atom. The maximum absolute atomic E-state index is 13.3. The minimum atomic E-state index is -0.319. The molecule has 7 N–H and O–H groups in total. The Morgan fingerprint density at radius 1 is 1.02 bits per heavy atom. The number of hydrogen-bond acceptors (Lipinski definition) is 7. The lowest BCUT2D eigenvalue weighted by Crippen LogP contribution is -2.52. The van der Waals surface area contributed by atoms with Crippen molar-refractivity contribution in [3.05, 3.63) is 111 Å². The van der Waals surface area contributed by atoms with Crippen LogP contribution in [0, 0.1) is 0 Å². The number of H-pyrrole nitrogens is 2. The van der Waals surface area contributed by atoms with Gasteiger partial charge in [0.05, 0.1) is 10.9 Å². The second kappa shape index (κ2) is 12.6. The highest BCUT2D eigenvalue weighted by atomic mass is 16.3. The predicted octanol–water partition coefficient (Wildman–Crippen LogP) is 4.69. The van der Waals surface area contributed by atoms with Gasteiger partial charge in [0.2, 0.25) is 11.8 Å². The zero-order valence-electron chi connectivity index (χ0n) is 27.8. The summed E-state index contributed by atoms with van der Waals surface area (Å²) in [6.07, 6.45) is 5.04. The highest BCUT2D eigenvalue weighted by molar-refractivity contribution is 6.13. The largest absolute Gasteiger partial charge is 0.508 e. The number of aromatic hydroxyl groups is 2. The summed E-state index contributed by atoms with van der Waals surface area (Å²) in [7, 11) is 1.78. The molecule has 13 heteroatoms. The van der Waals surface area contributed by atoms with Crippen LogP contribution in [0.25, 0.3) is 21.9 Å². The smallest absolute Gasteiger partial charge is 0.448 e. The van der Waals surface area contributed by atoms with E-state index < -0.39 is 0 Å². The van der Waals surface area contributed by atoms with Crippen LogP contribution in [-0.4, -0.2) is 70.6 Å². The van der Waals surface area contributed by atoms with Crippen molar-refractivity contribution >= 4 is 51.3 Å². The summed E-state index contributed by atoms with van der Waals surface area (Å²) >= 11 is 0. The molecule has 0 bridgehead atoms. The number of rotatable bonds is 10. The number of amides is 3. The third-order valence-corrected chi connectivity index (χ3v) is 9.24. The first-order valence-corrected chi connectivity index (χ1v) is 16.3. The molecule has 1 aliphatic rings. The Morgan fingerprint density at radius 3 is 2.54 bits per heavy atom. The number of nitrogens with two attached hydrogens (primary N) is 1. The van der Waals surface area contributed by atoms with Crippen LogP contribution < -0.4 is 16.6 Å². The van der Waals surface area contributed by atoms with Gasteiger partial charge in [-0.15, -0.1) is 0 Å². The number of likely N-dealkylation sites (N-methyl/N-ethyl adjacent to an activating group) is 1. The van der Waals surface area contributed by atoms with E-state index in [1.807, 2.05) is 68.6 Å². The fourth-order valence-corrected chi connectivity index (χ4v) is 6.45. The molecule has 254 valence electrons. The number of nitrogen functional groups attached to an aromatic ring is 1. The number of fused-ring (bicyclic) bond motifs is 2. The van der Waals surface area contributed by atoms with Crippen LogP contribution in [0.5, 0.6) is 11.5 Å². The van der Waals surface area contributed by atoms with Crippen LogP contribution in [0.3, 0.4) is 0 Å². The number of carbonyl (C=O) groups excluding carboxylic acids is 2. The SMILES string of the molecule is CC(C)c1cc(C2=[N+](c3ccc4c(ccn4CCN(C)C(=O)c4ccc(CCc5c[nH]c6nc(N)[nH]c(=O)c56)cc4)c3)C(=O)N2)c(O)cc1O. The average Bonchev–Trinajstić information content (AvgIpc) is 3.68. The van der Waals surface area contributed by atoms with Gasteiger partial charge in [0.1, 0.15) is 22.8 Å². The van der Waals surface area contributed by atoms with Gasteiger partial charge in [0.25, 0.3) is 11.5 Å². The van der Waals surface area contributed by atoms with E-state index >= 15 is 0 Å². The standard InChI is InChI=1S/C37H36N8O5/c1-20(2)26-17-27(30(47)18-29(26)46)33-41-37(50)45(33)25-10-11-28-23(16-25)12-13-44(28)15-14-43(3)35(49)22-7-4-21(5-8-22)6-9-24-19-39-32-31(24)34(48)42-36(38)40-32/h4-5,7-8,10-13,16-20H,6,9,14-15H2,1-3H3,(H6,38,39,40,41,42,46,47,48,50)/p+1. The Labute approximate surface area is 286 Å².